The molecule has 0 bridgehead atoms. The van der Waals surface area contributed by atoms with Gasteiger partial charge in [0, 0.05) is 13.1 Å². The van der Waals surface area contributed by atoms with Crippen LogP contribution in [0.3, 0.4) is 0 Å². The van der Waals surface area contributed by atoms with Gasteiger partial charge in [-0.1, -0.05) is 44.2 Å². The highest BCUT2D eigenvalue weighted by Crippen LogP contribution is 2.27. The van der Waals surface area contributed by atoms with Gasteiger partial charge < -0.3 is 20.5 Å². The Hall–Kier alpha value is -2.73. The van der Waals surface area contributed by atoms with Crippen LogP contribution in [0.5, 0.6) is 11.5 Å². The molecule has 2 aromatic rings. The van der Waals surface area contributed by atoms with Crippen LogP contribution in [-0.2, 0) is 19.6 Å². The van der Waals surface area contributed by atoms with E-state index in [1.54, 1.807) is 14.2 Å². The zero-order valence-corrected chi connectivity index (χ0v) is 17.4. The Balaban J connectivity index is 1.92. The minimum atomic E-state index is 0.420. The fourth-order valence-corrected chi connectivity index (χ4v) is 2.95. The second kappa shape index (κ2) is 11.2. The average molecular weight is 385 g/mol. The van der Waals surface area contributed by atoms with Crippen LogP contribution in [0.25, 0.3) is 0 Å². The number of hydrogen-bond acceptors (Lipinski definition) is 4. The second-order valence-corrected chi connectivity index (χ2v) is 6.53. The molecule has 28 heavy (non-hydrogen) atoms. The number of ether oxygens (including phenoxy) is 2. The molecule has 0 aliphatic rings. The Kier molecular flexibility index (Phi) is 8.62. The molecular weight excluding hydrogens is 352 g/mol. The van der Waals surface area contributed by atoms with Gasteiger partial charge in [-0.05, 0) is 41.9 Å². The number of methoxy groups -OCH3 is 2. The fraction of sp³-hybridized carbons (Fsp3) is 0.409. The topological polar surface area (TPSA) is 72.1 Å². The molecule has 0 atom stereocenters. The summed E-state index contributed by atoms with van der Waals surface area (Å²) in [7, 11) is 3.25. The minimum absolute atomic E-state index is 0.420. The summed E-state index contributed by atoms with van der Waals surface area (Å²) in [6.07, 6.45) is 0. The van der Waals surface area contributed by atoms with Crippen LogP contribution in [0.2, 0.25) is 0 Å². The summed E-state index contributed by atoms with van der Waals surface area (Å²) < 4.78 is 10.6. The van der Waals surface area contributed by atoms with E-state index in [1.165, 1.54) is 5.56 Å². The molecule has 2 aromatic carbocycles. The average Bonchev–Trinajstić information content (AvgIpc) is 2.74. The Labute approximate surface area is 168 Å². The zero-order chi connectivity index (χ0) is 20.4. The largest absolute Gasteiger partial charge is 0.493 e. The van der Waals surface area contributed by atoms with E-state index in [1.807, 2.05) is 18.2 Å². The first-order valence-corrected chi connectivity index (χ1v) is 9.64. The van der Waals surface area contributed by atoms with Gasteiger partial charge in [0.2, 0.25) is 0 Å². The minimum Gasteiger partial charge on any atom is -0.493 e. The van der Waals surface area contributed by atoms with Gasteiger partial charge in [0.1, 0.15) is 0 Å². The molecule has 0 fully saturated rings. The van der Waals surface area contributed by atoms with Crippen molar-refractivity contribution in [2.45, 2.75) is 33.5 Å². The number of aliphatic imine (C=N–C) groups is 1. The third kappa shape index (κ3) is 6.46. The number of nitrogens with one attached hydrogen (secondary N) is 1. The van der Waals surface area contributed by atoms with E-state index in [-0.39, 0.29) is 0 Å². The van der Waals surface area contributed by atoms with Gasteiger partial charge >= 0.3 is 0 Å². The summed E-state index contributed by atoms with van der Waals surface area (Å²) in [6.45, 7) is 8.54. The van der Waals surface area contributed by atoms with E-state index in [4.69, 9.17) is 15.2 Å². The van der Waals surface area contributed by atoms with Crippen molar-refractivity contribution in [3.05, 3.63) is 59.2 Å². The van der Waals surface area contributed by atoms with E-state index in [0.717, 1.165) is 30.8 Å². The van der Waals surface area contributed by atoms with Crippen molar-refractivity contribution in [1.29, 1.82) is 0 Å². The van der Waals surface area contributed by atoms with E-state index < -0.39 is 0 Å². The lowest BCUT2D eigenvalue weighted by atomic mass is 10.1. The van der Waals surface area contributed by atoms with Crippen LogP contribution >= 0.6 is 0 Å². The summed E-state index contributed by atoms with van der Waals surface area (Å²) >= 11 is 0. The van der Waals surface area contributed by atoms with Crippen LogP contribution in [0.15, 0.2) is 47.5 Å². The van der Waals surface area contributed by atoms with Gasteiger partial charge in [-0.3, -0.25) is 4.90 Å². The van der Waals surface area contributed by atoms with Crippen molar-refractivity contribution >= 4 is 5.96 Å². The Morgan fingerprint density at radius 3 is 2.36 bits per heavy atom. The second-order valence-electron chi connectivity index (χ2n) is 6.53. The van der Waals surface area contributed by atoms with E-state index in [2.05, 4.69) is 53.3 Å². The molecule has 0 aromatic heterocycles. The summed E-state index contributed by atoms with van der Waals surface area (Å²) in [5.74, 6) is 1.82. The third-order valence-corrected chi connectivity index (χ3v) is 4.65. The van der Waals surface area contributed by atoms with E-state index in [9.17, 15) is 0 Å². The van der Waals surface area contributed by atoms with Crippen molar-refractivity contribution < 1.29 is 9.47 Å². The first kappa shape index (κ1) is 21.6. The molecule has 0 amide bonds. The van der Waals surface area contributed by atoms with Crippen LogP contribution in [0.1, 0.15) is 30.5 Å². The molecule has 0 radical (unpaired) electrons. The highest BCUT2D eigenvalue weighted by molar-refractivity contribution is 5.77. The maximum absolute atomic E-state index is 6.03. The molecule has 152 valence electrons. The predicted molar refractivity (Wildman–Crippen MR) is 115 cm³/mol. The maximum Gasteiger partial charge on any atom is 0.189 e. The summed E-state index contributed by atoms with van der Waals surface area (Å²) in [5, 5.41) is 3.15. The van der Waals surface area contributed by atoms with Crippen molar-refractivity contribution in [3.8, 4) is 11.5 Å². The Morgan fingerprint density at radius 2 is 1.68 bits per heavy atom. The molecular formula is C22H32N4O2. The van der Waals surface area contributed by atoms with E-state index in [0.29, 0.717) is 30.5 Å². The Bertz CT molecular complexity index is 773. The summed E-state index contributed by atoms with van der Waals surface area (Å²) in [4.78, 5) is 6.85. The number of rotatable bonds is 10. The van der Waals surface area contributed by atoms with Crippen LogP contribution < -0.4 is 20.5 Å². The van der Waals surface area contributed by atoms with Crippen LogP contribution in [-0.4, -0.2) is 38.2 Å². The first-order valence-electron chi connectivity index (χ1n) is 9.64. The molecule has 0 saturated carbocycles. The van der Waals surface area contributed by atoms with Gasteiger partial charge in [0.15, 0.2) is 17.5 Å². The Morgan fingerprint density at radius 1 is 0.964 bits per heavy atom. The standard InChI is InChI=1S/C22H32N4O2/c1-5-26(6-2)16-19-9-7-8-17(12-19)14-24-22(23)25-15-18-10-11-20(27-3)21(13-18)28-4/h7-13H,5-6,14-16H2,1-4H3,(H3,23,24,25). The molecule has 0 heterocycles. The maximum atomic E-state index is 6.03. The number of hydrogen-bond donors (Lipinski definition) is 2. The van der Waals surface area contributed by atoms with Crippen LogP contribution in [0.4, 0.5) is 0 Å². The number of guanidine groups is 1. The van der Waals surface area contributed by atoms with Gasteiger partial charge in [0.05, 0.1) is 20.8 Å². The summed E-state index contributed by atoms with van der Waals surface area (Å²) in [6, 6.07) is 14.3. The van der Waals surface area contributed by atoms with Gasteiger partial charge in [-0.2, -0.15) is 0 Å². The fourth-order valence-electron chi connectivity index (χ4n) is 2.95. The predicted octanol–water partition coefficient (Wildman–Crippen LogP) is 3.15. The smallest absolute Gasteiger partial charge is 0.189 e. The molecule has 2 rings (SSSR count). The number of nitrogens with zero attached hydrogens (tertiary/aromatic N) is 2. The molecule has 0 aliphatic carbocycles. The van der Waals surface area contributed by atoms with E-state index >= 15 is 0 Å². The lowest BCUT2D eigenvalue weighted by Crippen LogP contribution is -2.31. The lowest BCUT2D eigenvalue weighted by Gasteiger charge is -2.18. The molecule has 0 spiro atoms. The van der Waals surface area contributed by atoms with Gasteiger partial charge in [-0.25, -0.2) is 4.99 Å². The third-order valence-electron chi connectivity index (χ3n) is 4.65. The van der Waals surface area contributed by atoms with Crippen LogP contribution in [0, 0.1) is 0 Å². The molecule has 3 N–H and O–H groups in total. The first-order chi connectivity index (χ1) is 13.6. The number of nitrogens with two attached hydrogens (primary N) is 1. The zero-order valence-electron chi connectivity index (χ0n) is 17.4. The molecule has 0 unspecified atom stereocenters. The normalized spacial score (nSPS) is 11.5. The monoisotopic (exact) mass is 384 g/mol. The van der Waals surface area contributed by atoms with Crippen molar-refractivity contribution in [2.75, 3.05) is 27.3 Å². The van der Waals surface area contributed by atoms with Gasteiger partial charge in [0.25, 0.3) is 0 Å². The van der Waals surface area contributed by atoms with Gasteiger partial charge in [-0.15, -0.1) is 0 Å². The summed E-state index contributed by atoms with van der Waals surface area (Å²) in [5.41, 5.74) is 9.52. The lowest BCUT2D eigenvalue weighted by molar-refractivity contribution is 0.296. The molecule has 6 nitrogen and oxygen atoms in total. The number of benzene rings is 2. The van der Waals surface area contributed by atoms with Crippen molar-refractivity contribution in [1.82, 2.24) is 10.2 Å². The van der Waals surface area contributed by atoms with Crippen molar-refractivity contribution in [3.63, 3.8) is 0 Å². The van der Waals surface area contributed by atoms with Crippen molar-refractivity contribution in [2.24, 2.45) is 10.7 Å². The molecule has 0 saturated heterocycles. The molecule has 0 aliphatic heterocycles. The molecule has 6 heteroatoms. The highest BCUT2D eigenvalue weighted by Gasteiger charge is 2.05. The SMILES string of the molecule is CCN(CC)Cc1cccc(CN=C(N)NCc2ccc(OC)c(OC)c2)c1. The highest BCUT2D eigenvalue weighted by atomic mass is 16.5. The quantitative estimate of drug-likeness (QED) is 0.486.